The van der Waals surface area contributed by atoms with E-state index in [0.29, 0.717) is 5.69 Å². The van der Waals surface area contributed by atoms with Crippen molar-refractivity contribution in [3.8, 4) is 11.5 Å². The Hall–Kier alpha value is -2.61. The Kier molecular flexibility index (Phi) is 5.10. The molecule has 4 N–H and O–H groups in total. The van der Waals surface area contributed by atoms with Crippen LogP contribution < -0.4 is 10.6 Å². The third-order valence-electron chi connectivity index (χ3n) is 5.55. The topological polar surface area (TPSA) is 93.5 Å². The summed E-state index contributed by atoms with van der Waals surface area (Å²) in [5.41, 5.74) is 0.322. The number of aromatic hydroxyl groups is 2. The van der Waals surface area contributed by atoms with E-state index in [-0.39, 0.29) is 40.4 Å². The van der Waals surface area contributed by atoms with Crippen LogP contribution >= 0.6 is 0 Å². The van der Waals surface area contributed by atoms with Crippen LogP contribution in [0.4, 0.5) is 21.8 Å². The van der Waals surface area contributed by atoms with Crippen molar-refractivity contribution in [2.24, 2.45) is 0 Å². The van der Waals surface area contributed by atoms with Crippen LogP contribution in [0, 0.1) is 5.82 Å². The molecule has 1 aromatic heterocycles. The van der Waals surface area contributed by atoms with Gasteiger partial charge in [-0.2, -0.15) is 4.98 Å². The number of nitrogens with zero attached hydrogens (tertiary/aromatic N) is 3. The van der Waals surface area contributed by atoms with Crippen molar-refractivity contribution < 1.29 is 14.6 Å². The van der Waals surface area contributed by atoms with E-state index >= 15 is 0 Å². The fourth-order valence-corrected chi connectivity index (χ4v) is 3.99. The largest absolute Gasteiger partial charge is 0.508 e. The highest BCUT2D eigenvalue weighted by Gasteiger charge is 2.43. The van der Waals surface area contributed by atoms with Gasteiger partial charge < -0.3 is 20.8 Å². The van der Waals surface area contributed by atoms with Gasteiger partial charge in [0.15, 0.2) is 11.6 Å². The minimum Gasteiger partial charge on any atom is -0.508 e. The average molecular weight is 389 g/mol. The fourth-order valence-electron chi connectivity index (χ4n) is 3.99. The van der Waals surface area contributed by atoms with Gasteiger partial charge in [-0.1, -0.05) is 0 Å². The number of phenols is 2. The molecule has 2 aromatic rings. The normalized spacial score (nSPS) is 19.4. The van der Waals surface area contributed by atoms with Crippen molar-refractivity contribution in [2.75, 3.05) is 17.7 Å². The first-order valence-corrected chi connectivity index (χ1v) is 9.29. The Morgan fingerprint density at radius 3 is 2.21 bits per heavy atom. The Morgan fingerprint density at radius 1 is 1.07 bits per heavy atom. The molecule has 0 bridgehead atoms. The maximum absolute atomic E-state index is 14.3. The van der Waals surface area contributed by atoms with Crippen molar-refractivity contribution in [1.82, 2.24) is 14.9 Å². The fraction of sp³-hybridized carbons (Fsp3) is 0.500. The van der Waals surface area contributed by atoms with E-state index < -0.39 is 5.82 Å². The molecule has 1 aromatic carbocycles. The van der Waals surface area contributed by atoms with Crippen LogP contribution in [-0.2, 0) is 0 Å². The Balaban J connectivity index is 1.80. The standard InChI is InChI=1S/C20H28FN5O2/c1-19(2)9-13(10-20(3,4)26(19)5)23-17-16(21)11-22-18(25-17)24-12-6-14(27)8-15(28)7-12/h6-8,11,13,27-28H,9-10H2,1-5H3,(H2,22,23,24,25). The number of phenolic OH excluding ortho intramolecular Hbond substituents is 2. The van der Waals surface area contributed by atoms with Crippen molar-refractivity contribution >= 4 is 17.5 Å². The number of halogens is 1. The lowest BCUT2D eigenvalue weighted by molar-refractivity contribution is -0.00778. The minimum atomic E-state index is -0.529. The molecule has 1 fully saturated rings. The van der Waals surface area contributed by atoms with Gasteiger partial charge in [-0.25, -0.2) is 9.37 Å². The molecule has 2 heterocycles. The molecule has 1 aliphatic heterocycles. The van der Waals surface area contributed by atoms with Gasteiger partial charge in [0, 0.05) is 41.0 Å². The number of hydrogen-bond donors (Lipinski definition) is 4. The molecule has 8 heteroatoms. The van der Waals surface area contributed by atoms with Crippen LogP contribution in [0.25, 0.3) is 0 Å². The van der Waals surface area contributed by atoms with Crippen LogP contribution in [0.15, 0.2) is 24.4 Å². The SMILES string of the molecule is CN1C(C)(C)CC(Nc2nc(Nc3cc(O)cc(O)c3)ncc2F)CC1(C)C. The predicted molar refractivity (Wildman–Crippen MR) is 108 cm³/mol. The van der Waals surface area contributed by atoms with Gasteiger partial charge in [0.25, 0.3) is 0 Å². The third-order valence-corrected chi connectivity index (χ3v) is 5.55. The molecule has 152 valence electrons. The number of hydrogen-bond acceptors (Lipinski definition) is 7. The molecule has 1 saturated heterocycles. The van der Waals surface area contributed by atoms with E-state index in [0.717, 1.165) is 19.0 Å². The number of benzene rings is 1. The summed E-state index contributed by atoms with van der Waals surface area (Å²) >= 11 is 0. The average Bonchev–Trinajstić information content (AvgIpc) is 2.54. The lowest BCUT2D eigenvalue weighted by Gasteiger charge is -2.53. The maximum Gasteiger partial charge on any atom is 0.229 e. The van der Waals surface area contributed by atoms with E-state index in [2.05, 4.69) is 60.2 Å². The summed E-state index contributed by atoms with van der Waals surface area (Å²) in [5, 5.41) is 25.3. The van der Waals surface area contributed by atoms with Gasteiger partial charge in [0.05, 0.1) is 6.20 Å². The second-order valence-electron chi connectivity index (χ2n) is 8.69. The highest BCUT2D eigenvalue weighted by molar-refractivity contribution is 5.59. The van der Waals surface area contributed by atoms with Gasteiger partial charge in [-0.05, 0) is 47.6 Å². The van der Waals surface area contributed by atoms with E-state index in [4.69, 9.17) is 0 Å². The van der Waals surface area contributed by atoms with Gasteiger partial charge in [-0.3, -0.25) is 4.90 Å². The summed E-state index contributed by atoms with van der Waals surface area (Å²) in [6.45, 7) is 8.72. The summed E-state index contributed by atoms with van der Waals surface area (Å²) in [6, 6.07) is 4.11. The summed E-state index contributed by atoms with van der Waals surface area (Å²) < 4.78 is 14.3. The minimum absolute atomic E-state index is 0.0386. The summed E-state index contributed by atoms with van der Waals surface area (Å²) in [7, 11) is 2.12. The Labute approximate surface area is 164 Å². The number of likely N-dealkylation sites (tertiary alicyclic amines) is 1. The molecule has 0 radical (unpaired) electrons. The number of rotatable bonds is 4. The van der Waals surface area contributed by atoms with Gasteiger partial charge >= 0.3 is 0 Å². The zero-order chi connectivity index (χ0) is 20.7. The van der Waals surface area contributed by atoms with Crippen LogP contribution in [0.3, 0.4) is 0 Å². The highest BCUT2D eigenvalue weighted by Crippen LogP contribution is 2.38. The van der Waals surface area contributed by atoms with E-state index in [9.17, 15) is 14.6 Å². The summed E-state index contributed by atoms with van der Waals surface area (Å²) in [6.07, 6.45) is 2.80. The molecule has 0 saturated carbocycles. The van der Waals surface area contributed by atoms with Gasteiger partial charge in [0.1, 0.15) is 11.5 Å². The van der Waals surface area contributed by atoms with Gasteiger partial charge in [0.2, 0.25) is 5.95 Å². The zero-order valence-corrected chi connectivity index (χ0v) is 16.9. The number of piperidine rings is 1. The molecule has 1 aliphatic rings. The van der Waals surface area contributed by atoms with E-state index in [1.165, 1.54) is 18.2 Å². The second kappa shape index (κ2) is 7.09. The molecule has 0 atom stereocenters. The summed E-state index contributed by atoms with van der Waals surface area (Å²) in [4.78, 5) is 10.6. The van der Waals surface area contributed by atoms with E-state index in [1.807, 2.05) is 0 Å². The lowest BCUT2D eigenvalue weighted by atomic mass is 9.77. The van der Waals surface area contributed by atoms with Crippen molar-refractivity contribution in [1.29, 1.82) is 0 Å². The van der Waals surface area contributed by atoms with Gasteiger partial charge in [-0.15, -0.1) is 0 Å². The van der Waals surface area contributed by atoms with Crippen LogP contribution in [-0.4, -0.2) is 49.2 Å². The number of aromatic nitrogens is 2. The molecule has 0 unspecified atom stereocenters. The molecule has 3 rings (SSSR count). The quantitative estimate of drug-likeness (QED) is 0.631. The Bertz CT molecular complexity index is 833. The second-order valence-corrected chi connectivity index (χ2v) is 8.69. The Morgan fingerprint density at radius 2 is 1.64 bits per heavy atom. The first kappa shape index (κ1) is 20.1. The predicted octanol–water partition coefficient (Wildman–Crippen LogP) is 3.83. The first-order chi connectivity index (χ1) is 13.0. The molecular weight excluding hydrogens is 361 g/mol. The van der Waals surface area contributed by atoms with Crippen LogP contribution in [0.5, 0.6) is 11.5 Å². The molecule has 7 nitrogen and oxygen atoms in total. The molecule has 28 heavy (non-hydrogen) atoms. The first-order valence-electron chi connectivity index (χ1n) is 9.29. The lowest BCUT2D eigenvalue weighted by Crippen LogP contribution is -2.61. The number of anilines is 3. The smallest absolute Gasteiger partial charge is 0.229 e. The zero-order valence-electron chi connectivity index (χ0n) is 16.9. The molecular formula is C20H28FN5O2. The molecule has 0 amide bonds. The molecule has 0 spiro atoms. The monoisotopic (exact) mass is 389 g/mol. The van der Waals surface area contributed by atoms with Crippen LogP contribution in [0.1, 0.15) is 40.5 Å². The van der Waals surface area contributed by atoms with Crippen molar-refractivity contribution in [3.05, 3.63) is 30.2 Å². The highest BCUT2D eigenvalue weighted by atomic mass is 19.1. The van der Waals surface area contributed by atoms with Crippen LogP contribution in [0.2, 0.25) is 0 Å². The third kappa shape index (κ3) is 4.27. The van der Waals surface area contributed by atoms with Crippen molar-refractivity contribution in [3.63, 3.8) is 0 Å². The molecule has 0 aliphatic carbocycles. The number of nitrogens with one attached hydrogen (secondary N) is 2. The maximum atomic E-state index is 14.3. The van der Waals surface area contributed by atoms with E-state index in [1.54, 1.807) is 0 Å². The van der Waals surface area contributed by atoms with Crippen molar-refractivity contribution in [2.45, 2.75) is 57.7 Å². The summed E-state index contributed by atoms with van der Waals surface area (Å²) in [5.74, 6) is -0.431.